The van der Waals surface area contributed by atoms with Gasteiger partial charge in [0.2, 0.25) is 6.10 Å². The third-order valence-corrected chi connectivity index (χ3v) is 4.28. The molecule has 1 aliphatic heterocycles. The number of hydrogen-bond acceptors (Lipinski definition) is 5. The molecule has 0 saturated carbocycles. The number of fused-ring (bicyclic) bond motifs is 2. The minimum Gasteiger partial charge on any atom is -0.485 e. The number of carbonyl (C=O) groups excluding carboxylic acids is 1. The van der Waals surface area contributed by atoms with Gasteiger partial charge in [-0.1, -0.05) is 35.6 Å². The SMILES string of the molecule is O=C(Nc1nc2ccccc2s1)[C@@H]1COc2ccccc2O1. The molecule has 6 heteroatoms. The van der Waals surface area contributed by atoms with Crippen molar-refractivity contribution in [2.45, 2.75) is 6.10 Å². The van der Waals surface area contributed by atoms with Crippen molar-refractivity contribution in [3.63, 3.8) is 0 Å². The molecule has 1 N–H and O–H groups in total. The molecular formula is C16H12N2O3S. The number of thiazole rings is 1. The smallest absolute Gasteiger partial charge is 0.270 e. The van der Waals surface area contributed by atoms with E-state index in [2.05, 4.69) is 10.3 Å². The summed E-state index contributed by atoms with van der Waals surface area (Å²) in [4.78, 5) is 16.7. The molecule has 1 atom stereocenters. The Balaban J connectivity index is 1.51. The number of rotatable bonds is 2. The van der Waals surface area contributed by atoms with E-state index in [-0.39, 0.29) is 12.5 Å². The van der Waals surface area contributed by atoms with E-state index < -0.39 is 6.10 Å². The fraction of sp³-hybridized carbons (Fsp3) is 0.125. The second-order valence-electron chi connectivity index (χ2n) is 4.84. The zero-order valence-corrected chi connectivity index (χ0v) is 12.3. The van der Waals surface area contributed by atoms with E-state index in [0.717, 1.165) is 10.2 Å². The Morgan fingerprint density at radius 3 is 2.77 bits per heavy atom. The van der Waals surface area contributed by atoms with E-state index in [0.29, 0.717) is 16.6 Å². The van der Waals surface area contributed by atoms with E-state index >= 15 is 0 Å². The van der Waals surface area contributed by atoms with Gasteiger partial charge in [-0.2, -0.15) is 0 Å². The van der Waals surface area contributed by atoms with Gasteiger partial charge in [-0.05, 0) is 24.3 Å². The minimum atomic E-state index is -0.679. The maximum absolute atomic E-state index is 12.3. The number of aromatic nitrogens is 1. The number of nitrogens with zero attached hydrogens (tertiary/aromatic N) is 1. The summed E-state index contributed by atoms with van der Waals surface area (Å²) in [6.07, 6.45) is -0.679. The first kappa shape index (κ1) is 13.1. The van der Waals surface area contributed by atoms with Crippen LogP contribution in [-0.2, 0) is 4.79 Å². The molecule has 5 nitrogen and oxygen atoms in total. The Labute approximate surface area is 130 Å². The zero-order valence-electron chi connectivity index (χ0n) is 11.5. The van der Waals surface area contributed by atoms with Crippen molar-refractivity contribution in [2.24, 2.45) is 0 Å². The van der Waals surface area contributed by atoms with Crippen LogP contribution in [0.1, 0.15) is 0 Å². The molecule has 2 aromatic carbocycles. The standard InChI is InChI=1S/C16H12N2O3S/c19-15(13-9-20-11-6-2-3-7-12(11)21-13)18-16-17-10-5-1-4-8-14(10)22-16/h1-8,13H,9H2,(H,17,18,19)/t13-/m0/s1. The van der Waals surface area contributed by atoms with Crippen LogP contribution in [0, 0.1) is 0 Å². The van der Waals surface area contributed by atoms with E-state index in [9.17, 15) is 4.79 Å². The predicted octanol–water partition coefficient (Wildman–Crippen LogP) is 3.07. The molecule has 0 bridgehead atoms. The Morgan fingerprint density at radius 2 is 1.91 bits per heavy atom. The second kappa shape index (κ2) is 5.31. The molecule has 4 rings (SSSR count). The lowest BCUT2D eigenvalue weighted by Gasteiger charge is -2.25. The van der Waals surface area contributed by atoms with Crippen LogP contribution in [0.15, 0.2) is 48.5 Å². The minimum absolute atomic E-state index is 0.188. The van der Waals surface area contributed by atoms with Crippen LogP contribution in [0.4, 0.5) is 5.13 Å². The number of nitrogens with one attached hydrogen (secondary N) is 1. The highest BCUT2D eigenvalue weighted by Gasteiger charge is 2.27. The highest BCUT2D eigenvalue weighted by atomic mass is 32.1. The Morgan fingerprint density at radius 1 is 1.14 bits per heavy atom. The predicted molar refractivity (Wildman–Crippen MR) is 84.6 cm³/mol. The monoisotopic (exact) mass is 312 g/mol. The van der Waals surface area contributed by atoms with Crippen LogP contribution in [-0.4, -0.2) is 23.6 Å². The van der Waals surface area contributed by atoms with Crippen molar-refractivity contribution in [1.29, 1.82) is 0 Å². The number of para-hydroxylation sites is 3. The normalized spacial score (nSPS) is 16.5. The summed E-state index contributed by atoms with van der Waals surface area (Å²) in [6.45, 7) is 0.188. The lowest BCUT2D eigenvalue weighted by Crippen LogP contribution is -2.40. The van der Waals surface area contributed by atoms with Gasteiger partial charge in [0.05, 0.1) is 10.2 Å². The lowest BCUT2D eigenvalue weighted by atomic mass is 10.2. The largest absolute Gasteiger partial charge is 0.485 e. The third-order valence-electron chi connectivity index (χ3n) is 3.33. The average Bonchev–Trinajstić information content (AvgIpc) is 2.96. The van der Waals surface area contributed by atoms with Crippen LogP contribution in [0.3, 0.4) is 0 Å². The lowest BCUT2D eigenvalue weighted by molar-refractivity contribution is -0.125. The van der Waals surface area contributed by atoms with E-state index in [4.69, 9.17) is 9.47 Å². The molecule has 1 aliphatic rings. The van der Waals surface area contributed by atoms with Gasteiger partial charge < -0.3 is 9.47 Å². The molecule has 22 heavy (non-hydrogen) atoms. The molecule has 0 fully saturated rings. The van der Waals surface area contributed by atoms with Crippen LogP contribution < -0.4 is 14.8 Å². The van der Waals surface area contributed by atoms with Gasteiger partial charge in [-0.15, -0.1) is 0 Å². The van der Waals surface area contributed by atoms with E-state index in [1.165, 1.54) is 11.3 Å². The highest BCUT2D eigenvalue weighted by Crippen LogP contribution is 2.31. The first-order valence-electron chi connectivity index (χ1n) is 6.84. The van der Waals surface area contributed by atoms with Crippen molar-refractivity contribution >= 4 is 32.6 Å². The number of anilines is 1. The molecule has 110 valence electrons. The summed E-state index contributed by atoms with van der Waals surface area (Å²) in [6, 6.07) is 15.1. The van der Waals surface area contributed by atoms with Gasteiger partial charge in [0.1, 0.15) is 6.61 Å². The Bertz CT molecular complexity index is 813. The van der Waals surface area contributed by atoms with Crippen LogP contribution in [0.5, 0.6) is 11.5 Å². The van der Waals surface area contributed by atoms with Crippen molar-refractivity contribution in [1.82, 2.24) is 4.98 Å². The van der Waals surface area contributed by atoms with Gasteiger partial charge in [0.15, 0.2) is 16.6 Å². The van der Waals surface area contributed by atoms with Crippen molar-refractivity contribution in [3.8, 4) is 11.5 Å². The third kappa shape index (κ3) is 2.37. The number of carbonyl (C=O) groups is 1. The van der Waals surface area contributed by atoms with E-state index in [1.807, 2.05) is 42.5 Å². The van der Waals surface area contributed by atoms with Crippen molar-refractivity contribution in [3.05, 3.63) is 48.5 Å². The summed E-state index contributed by atoms with van der Waals surface area (Å²) >= 11 is 1.44. The summed E-state index contributed by atoms with van der Waals surface area (Å²) in [5, 5.41) is 3.36. The molecular weight excluding hydrogens is 300 g/mol. The van der Waals surface area contributed by atoms with Crippen LogP contribution in [0.25, 0.3) is 10.2 Å². The molecule has 1 aromatic heterocycles. The van der Waals surface area contributed by atoms with Gasteiger partial charge in [-0.25, -0.2) is 4.98 Å². The maximum Gasteiger partial charge on any atom is 0.270 e. The molecule has 0 unspecified atom stereocenters. The maximum atomic E-state index is 12.3. The summed E-state index contributed by atoms with van der Waals surface area (Å²) in [5.74, 6) is 0.985. The molecule has 2 heterocycles. The Kier molecular flexibility index (Phi) is 3.16. The van der Waals surface area contributed by atoms with Gasteiger partial charge >= 0.3 is 0 Å². The average molecular weight is 312 g/mol. The molecule has 3 aromatic rings. The van der Waals surface area contributed by atoms with Crippen molar-refractivity contribution in [2.75, 3.05) is 11.9 Å². The van der Waals surface area contributed by atoms with Crippen molar-refractivity contribution < 1.29 is 14.3 Å². The second-order valence-corrected chi connectivity index (χ2v) is 5.87. The number of benzene rings is 2. The fourth-order valence-electron chi connectivity index (χ4n) is 2.26. The quantitative estimate of drug-likeness (QED) is 0.790. The first-order chi connectivity index (χ1) is 10.8. The summed E-state index contributed by atoms with van der Waals surface area (Å²) in [7, 11) is 0. The highest BCUT2D eigenvalue weighted by molar-refractivity contribution is 7.22. The first-order valence-corrected chi connectivity index (χ1v) is 7.66. The molecule has 0 radical (unpaired) electrons. The summed E-state index contributed by atoms with van der Waals surface area (Å²) < 4.78 is 12.3. The van der Waals surface area contributed by atoms with E-state index in [1.54, 1.807) is 6.07 Å². The molecule has 1 amide bonds. The number of hydrogen-bond donors (Lipinski definition) is 1. The van der Waals surface area contributed by atoms with Crippen LogP contribution in [0.2, 0.25) is 0 Å². The van der Waals surface area contributed by atoms with Gasteiger partial charge in [0, 0.05) is 0 Å². The van der Waals surface area contributed by atoms with Crippen LogP contribution >= 0.6 is 11.3 Å². The fourth-order valence-corrected chi connectivity index (χ4v) is 3.13. The number of amides is 1. The Hall–Kier alpha value is -2.60. The van der Waals surface area contributed by atoms with Gasteiger partial charge in [0.25, 0.3) is 5.91 Å². The molecule has 0 saturated heterocycles. The summed E-state index contributed by atoms with van der Waals surface area (Å²) in [5.41, 5.74) is 0.869. The zero-order chi connectivity index (χ0) is 14.9. The molecule has 0 spiro atoms. The number of ether oxygens (including phenoxy) is 2. The topological polar surface area (TPSA) is 60.5 Å². The van der Waals surface area contributed by atoms with Gasteiger partial charge in [-0.3, -0.25) is 10.1 Å². The molecule has 0 aliphatic carbocycles.